The van der Waals surface area contributed by atoms with Gasteiger partial charge in [-0.15, -0.1) is 24.8 Å². The zero-order valence-electron chi connectivity index (χ0n) is 11.5. The molecular formula is C14H23Cl2N3O. The molecule has 0 spiro atoms. The molecule has 1 aromatic heterocycles. The molecule has 3 N–H and O–H groups in total. The summed E-state index contributed by atoms with van der Waals surface area (Å²) in [6, 6.07) is 3.63. The number of nitrogens with two attached hydrogens (primary N) is 1. The van der Waals surface area contributed by atoms with Crippen LogP contribution in [0.15, 0.2) is 24.5 Å². The van der Waals surface area contributed by atoms with Gasteiger partial charge in [0.1, 0.15) is 0 Å². The first-order valence-electron chi connectivity index (χ1n) is 6.70. The molecule has 1 aliphatic carbocycles. The Morgan fingerprint density at radius 1 is 1.20 bits per heavy atom. The summed E-state index contributed by atoms with van der Waals surface area (Å²) in [5, 5.41) is 2.95. The van der Waals surface area contributed by atoms with Crippen molar-refractivity contribution in [3.05, 3.63) is 24.5 Å². The molecule has 4 nitrogen and oxygen atoms in total. The second-order valence-corrected chi connectivity index (χ2v) is 5.02. The van der Waals surface area contributed by atoms with Gasteiger partial charge in [0.05, 0.1) is 0 Å². The van der Waals surface area contributed by atoms with E-state index in [9.17, 15) is 4.79 Å². The number of halogens is 2. The summed E-state index contributed by atoms with van der Waals surface area (Å²) in [6.45, 7) is 0.762. The van der Waals surface area contributed by atoms with Crippen LogP contribution in [0.1, 0.15) is 32.1 Å². The Kier molecular flexibility index (Phi) is 9.55. The maximum Gasteiger partial charge on any atom is 0.227 e. The van der Waals surface area contributed by atoms with Crippen molar-refractivity contribution < 1.29 is 4.79 Å². The molecule has 0 aliphatic heterocycles. The summed E-state index contributed by atoms with van der Waals surface area (Å²) >= 11 is 0. The molecule has 2 rings (SSSR count). The molecule has 0 bridgehead atoms. The average Bonchev–Trinajstić information content (AvgIpc) is 2.41. The minimum absolute atomic E-state index is 0. The van der Waals surface area contributed by atoms with Gasteiger partial charge in [0.2, 0.25) is 5.91 Å². The fourth-order valence-corrected chi connectivity index (χ4v) is 2.63. The largest absolute Gasteiger partial charge is 0.330 e. The van der Waals surface area contributed by atoms with Gasteiger partial charge in [0.25, 0.3) is 0 Å². The molecule has 1 amide bonds. The third kappa shape index (κ3) is 5.65. The van der Waals surface area contributed by atoms with Crippen molar-refractivity contribution in [1.29, 1.82) is 0 Å². The third-order valence-corrected chi connectivity index (χ3v) is 3.74. The number of hydrogen-bond acceptors (Lipinski definition) is 3. The van der Waals surface area contributed by atoms with E-state index in [-0.39, 0.29) is 36.6 Å². The van der Waals surface area contributed by atoms with E-state index in [1.165, 1.54) is 0 Å². The lowest BCUT2D eigenvalue weighted by atomic mass is 9.80. The summed E-state index contributed by atoms with van der Waals surface area (Å²) < 4.78 is 0. The van der Waals surface area contributed by atoms with E-state index in [1.54, 1.807) is 12.4 Å². The Labute approximate surface area is 132 Å². The van der Waals surface area contributed by atoms with Crippen LogP contribution in [-0.4, -0.2) is 17.4 Å². The van der Waals surface area contributed by atoms with E-state index < -0.39 is 0 Å². The molecule has 0 saturated heterocycles. The maximum atomic E-state index is 12.1. The Balaban J connectivity index is 0.00000180. The first kappa shape index (κ1) is 19.2. The van der Waals surface area contributed by atoms with Crippen LogP contribution in [0, 0.1) is 11.8 Å². The fourth-order valence-electron chi connectivity index (χ4n) is 2.63. The van der Waals surface area contributed by atoms with Crippen molar-refractivity contribution >= 4 is 36.4 Å². The van der Waals surface area contributed by atoms with Crippen molar-refractivity contribution in [2.24, 2.45) is 17.6 Å². The summed E-state index contributed by atoms with van der Waals surface area (Å²) in [7, 11) is 0. The predicted molar refractivity (Wildman–Crippen MR) is 86.5 cm³/mol. The number of anilines is 1. The number of nitrogens with zero attached hydrogens (tertiary/aromatic N) is 1. The Morgan fingerprint density at radius 2 is 1.80 bits per heavy atom. The van der Waals surface area contributed by atoms with Crippen LogP contribution in [-0.2, 0) is 4.79 Å². The average molecular weight is 320 g/mol. The maximum absolute atomic E-state index is 12.1. The van der Waals surface area contributed by atoms with Crippen molar-refractivity contribution in [2.45, 2.75) is 32.1 Å². The molecular weight excluding hydrogens is 297 g/mol. The number of carbonyl (C=O) groups is 1. The van der Waals surface area contributed by atoms with Crippen LogP contribution in [0.2, 0.25) is 0 Å². The summed E-state index contributed by atoms with van der Waals surface area (Å²) in [6.07, 6.45) is 8.71. The van der Waals surface area contributed by atoms with E-state index in [4.69, 9.17) is 5.73 Å². The highest BCUT2D eigenvalue weighted by molar-refractivity contribution is 5.92. The quantitative estimate of drug-likeness (QED) is 0.896. The van der Waals surface area contributed by atoms with Crippen LogP contribution >= 0.6 is 24.8 Å². The highest BCUT2D eigenvalue weighted by atomic mass is 35.5. The second kappa shape index (κ2) is 9.97. The monoisotopic (exact) mass is 319 g/mol. The second-order valence-electron chi connectivity index (χ2n) is 5.02. The summed E-state index contributed by atoms with van der Waals surface area (Å²) in [5.41, 5.74) is 6.40. The lowest BCUT2D eigenvalue weighted by Crippen LogP contribution is -2.27. The Bertz CT molecular complexity index is 381. The highest BCUT2D eigenvalue weighted by Crippen LogP contribution is 2.31. The van der Waals surface area contributed by atoms with Crippen molar-refractivity contribution in [3.8, 4) is 0 Å². The number of pyridine rings is 1. The molecule has 6 heteroatoms. The predicted octanol–water partition coefficient (Wildman–Crippen LogP) is 3.02. The van der Waals surface area contributed by atoms with Crippen molar-refractivity contribution in [1.82, 2.24) is 4.98 Å². The molecule has 0 atom stereocenters. The van der Waals surface area contributed by atoms with Gasteiger partial charge in [-0.05, 0) is 56.7 Å². The zero-order chi connectivity index (χ0) is 12.8. The van der Waals surface area contributed by atoms with Crippen molar-refractivity contribution in [3.63, 3.8) is 0 Å². The van der Waals surface area contributed by atoms with Crippen molar-refractivity contribution in [2.75, 3.05) is 11.9 Å². The lowest BCUT2D eigenvalue weighted by Gasteiger charge is -2.27. The fraction of sp³-hybridized carbons (Fsp3) is 0.571. The van der Waals surface area contributed by atoms with Gasteiger partial charge < -0.3 is 11.1 Å². The molecule has 0 aromatic carbocycles. The SMILES string of the molecule is Cl.Cl.NCC[C@H]1CC[C@H](C(=O)Nc2ccncc2)CC1. The van der Waals surface area contributed by atoms with E-state index in [1.807, 2.05) is 12.1 Å². The van der Waals surface area contributed by atoms with Gasteiger partial charge in [-0.3, -0.25) is 9.78 Å². The highest BCUT2D eigenvalue weighted by Gasteiger charge is 2.25. The van der Waals surface area contributed by atoms with E-state index in [0.29, 0.717) is 0 Å². The molecule has 1 aliphatic rings. The molecule has 1 heterocycles. The smallest absolute Gasteiger partial charge is 0.227 e. The number of aromatic nitrogens is 1. The van der Waals surface area contributed by atoms with Crippen LogP contribution in [0.25, 0.3) is 0 Å². The standard InChI is InChI=1S/C14H21N3O.2ClH/c15-8-5-11-1-3-12(4-2-11)14(18)17-13-6-9-16-10-7-13;;/h6-7,9-12H,1-5,8,15H2,(H,16,17,18);2*1H/t11-,12-;;. The van der Waals surface area contributed by atoms with Crippen LogP contribution in [0.4, 0.5) is 5.69 Å². The van der Waals surface area contributed by atoms with Crippen LogP contribution in [0.3, 0.4) is 0 Å². The van der Waals surface area contributed by atoms with E-state index in [2.05, 4.69) is 10.3 Å². The van der Waals surface area contributed by atoms with Gasteiger partial charge in [0, 0.05) is 24.0 Å². The minimum Gasteiger partial charge on any atom is -0.330 e. The zero-order valence-corrected chi connectivity index (χ0v) is 13.1. The molecule has 1 fully saturated rings. The molecule has 0 unspecified atom stereocenters. The van der Waals surface area contributed by atoms with Gasteiger partial charge in [-0.25, -0.2) is 0 Å². The first-order chi connectivity index (χ1) is 8.79. The first-order valence-corrected chi connectivity index (χ1v) is 6.70. The summed E-state index contributed by atoms with van der Waals surface area (Å²) in [5.74, 6) is 1.03. The molecule has 0 radical (unpaired) electrons. The van der Waals surface area contributed by atoms with E-state index >= 15 is 0 Å². The number of carbonyl (C=O) groups excluding carboxylic acids is 1. The van der Waals surface area contributed by atoms with Gasteiger partial charge in [-0.1, -0.05) is 0 Å². The number of amides is 1. The normalized spacial score (nSPS) is 21.2. The molecule has 20 heavy (non-hydrogen) atoms. The third-order valence-electron chi connectivity index (χ3n) is 3.74. The summed E-state index contributed by atoms with van der Waals surface area (Å²) in [4.78, 5) is 16.0. The minimum atomic E-state index is 0. The molecule has 1 aromatic rings. The number of hydrogen-bond donors (Lipinski definition) is 2. The van der Waals surface area contributed by atoms with Crippen LogP contribution < -0.4 is 11.1 Å². The van der Waals surface area contributed by atoms with Crippen LogP contribution in [0.5, 0.6) is 0 Å². The Morgan fingerprint density at radius 3 is 2.35 bits per heavy atom. The topological polar surface area (TPSA) is 68.0 Å². The van der Waals surface area contributed by atoms with Gasteiger partial charge in [-0.2, -0.15) is 0 Å². The lowest BCUT2D eigenvalue weighted by molar-refractivity contribution is -0.121. The molecule has 1 saturated carbocycles. The van der Waals surface area contributed by atoms with Gasteiger partial charge in [0.15, 0.2) is 0 Å². The Hall–Kier alpha value is -0.840. The number of rotatable bonds is 4. The number of nitrogens with one attached hydrogen (secondary N) is 1. The van der Waals surface area contributed by atoms with Gasteiger partial charge >= 0.3 is 0 Å². The molecule has 114 valence electrons. The van der Waals surface area contributed by atoms with E-state index in [0.717, 1.165) is 50.3 Å².